The number of ether oxygens (including phenoxy) is 3. The van der Waals surface area contributed by atoms with Crippen molar-refractivity contribution in [3.63, 3.8) is 0 Å². The molecule has 1 aromatic carbocycles. The van der Waals surface area contributed by atoms with Gasteiger partial charge in [0, 0.05) is 45.1 Å². The summed E-state index contributed by atoms with van der Waals surface area (Å²) in [7, 11) is 3.30. The molecule has 214 valence electrons. The van der Waals surface area contributed by atoms with Gasteiger partial charge >= 0.3 is 0 Å². The van der Waals surface area contributed by atoms with E-state index in [1.807, 2.05) is 25.1 Å². The van der Waals surface area contributed by atoms with Crippen LogP contribution < -0.4 is 20.5 Å². The van der Waals surface area contributed by atoms with E-state index in [-0.39, 0.29) is 17.7 Å². The Bertz CT molecular complexity index is 927. The number of aliphatic hydroxyl groups excluding tert-OH is 1. The highest BCUT2D eigenvalue weighted by molar-refractivity contribution is 5.78. The molecule has 0 bridgehead atoms. The second-order valence-corrected chi connectivity index (χ2v) is 10.2. The van der Waals surface area contributed by atoms with Crippen LogP contribution in [-0.4, -0.2) is 77.8 Å². The molecule has 38 heavy (non-hydrogen) atoms. The minimum absolute atomic E-state index is 0.0939. The number of nitrogens with two attached hydrogens (primary N) is 1. The van der Waals surface area contributed by atoms with Gasteiger partial charge in [0.15, 0.2) is 11.5 Å². The van der Waals surface area contributed by atoms with Crippen LogP contribution in [-0.2, 0) is 22.4 Å². The number of H-pyrrole nitrogens is 1. The van der Waals surface area contributed by atoms with E-state index >= 15 is 0 Å². The number of aromatic amines is 1. The van der Waals surface area contributed by atoms with Crippen LogP contribution in [0.15, 0.2) is 18.2 Å². The second-order valence-electron chi connectivity index (χ2n) is 10.2. The molecule has 0 radical (unpaired) electrons. The quantitative estimate of drug-likeness (QED) is 0.198. The first-order valence-electron chi connectivity index (χ1n) is 13.5. The minimum atomic E-state index is -0.771. The van der Waals surface area contributed by atoms with Crippen molar-refractivity contribution in [1.29, 1.82) is 0 Å². The van der Waals surface area contributed by atoms with Gasteiger partial charge in [-0.3, -0.25) is 4.79 Å². The first-order valence-corrected chi connectivity index (χ1v) is 13.5. The SMILES string of the molecule is COCCCOc1cc(C[C@@H](C[C@H](N)[C@@H](O)C[C@@H](C)C(=O)NCCCc2nnn[nH]2)C(C)C)ccc1OC. The van der Waals surface area contributed by atoms with Crippen LogP contribution in [0.1, 0.15) is 57.8 Å². The van der Waals surface area contributed by atoms with Crippen molar-refractivity contribution in [2.24, 2.45) is 23.5 Å². The number of carbonyl (C=O) groups is 1. The van der Waals surface area contributed by atoms with Crippen LogP contribution in [0.5, 0.6) is 11.5 Å². The number of rotatable bonds is 19. The maximum atomic E-state index is 12.5. The van der Waals surface area contributed by atoms with E-state index in [9.17, 15) is 9.90 Å². The van der Waals surface area contributed by atoms with Gasteiger partial charge in [-0.15, -0.1) is 5.10 Å². The fourth-order valence-corrected chi connectivity index (χ4v) is 4.32. The molecule has 0 spiro atoms. The summed E-state index contributed by atoms with van der Waals surface area (Å²) in [6.45, 7) is 7.85. The standard InChI is InChI=1S/C27H46N6O5/c1-18(2)21(15-20-9-10-24(37-5)25(16-20)38-13-7-12-36-4)17-22(28)23(34)14-19(3)27(35)29-11-6-8-26-30-32-33-31-26/h9-10,16,18-19,21-23,34H,6-8,11-15,17,28H2,1-5H3,(H,29,35)(H,30,31,32,33)/t19-,21+,22+,23+/m1/s1. The normalized spacial score (nSPS) is 14.6. The monoisotopic (exact) mass is 534 g/mol. The van der Waals surface area contributed by atoms with E-state index in [0.717, 1.165) is 24.8 Å². The van der Waals surface area contributed by atoms with Crippen molar-refractivity contribution in [3.05, 3.63) is 29.6 Å². The number of aryl methyl sites for hydroxylation is 1. The summed E-state index contributed by atoms with van der Waals surface area (Å²) in [5, 5.41) is 27.3. The van der Waals surface area contributed by atoms with Gasteiger partial charge in [0.05, 0.1) is 19.8 Å². The van der Waals surface area contributed by atoms with Crippen molar-refractivity contribution in [2.45, 2.75) is 71.4 Å². The van der Waals surface area contributed by atoms with E-state index in [1.54, 1.807) is 14.2 Å². The average Bonchev–Trinajstić information content (AvgIpc) is 3.42. The maximum absolute atomic E-state index is 12.5. The number of tetrazole rings is 1. The molecule has 0 aliphatic carbocycles. The third kappa shape index (κ3) is 10.9. The van der Waals surface area contributed by atoms with Gasteiger partial charge in [-0.2, -0.15) is 0 Å². The lowest BCUT2D eigenvalue weighted by Crippen LogP contribution is -2.41. The highest BCUT2D eigenvalue weighted by Gasteiger charge is 2.26. The van der Waals surface area contributed by atoms with Gasteiger partial charge in [0.1, 0.15) is 5.82 Å². The number of methoxy groups -OCH3 is 2. The molecule has 2 aromatic rings. The molecular formula is C27H46N6O5. The van der Waals surface area contributed by atoms with Crippen LogP contribution in [0.3, 0.4) is 0 Å². The average molecular weight is 535 g/mol. The van der Waals surface area contributed by atoms with Gasteiger partial charge < -0.3 is 30.4 Å². The lowest BCUT2D eigenvalue weighted by molar-refractivity contribution is -0.125. The summed E-state index contributed by atoms with van der Waals surface area (Å²) in [5.74, 6) is 2.27. The number of nitrogens with one attached hydrogen (secondary N) is 2. The lowest BCUT2D eigenvalue weighted by Gasteiger charge is -2.28. The molecule has 11 heteroatoms. The Morgan fingerprint density at radius 2 is 1.92 bits per heavy atom. The fraction of sp³-hybridized carbons (Fsp3) is 0.704. The fourth-order valence-electron chi connectivity index (χ4n) is 4.32. The maximum Gasteiger partial charge on any atom is 0.222 e. The summed E-state index contributed by atoms with van der Waals surface area (Å²) in [6, 6.07) is 5.56. The van der Waals surface area contributed by atoms with Crippen LogP contribution in [0.4, 0.5) is 0 Å². The van der Waals surface area contributed by atoms with E-state index in [1.165, 1.54) is 0 Å². The smallest absolute Gasteiger partial charge is 0.222 e. The van der Waals surface area contributed by atoms with E-state index in [0.29, 0.717) is 62.3 Å². The first-order chi connectivity index (χ1) is 18.2. The highest BCUT2D eigenvalue weighted by atomic mass is 16.5. The number of amides is 1. The van der Waals surface area contributed by atoms with E-state index in [2.05, 4.69) is 39.8 Å². The molecule has 1 aromatic heterocycles. The molecule has 0 unspecified atom stereocenters. The zero-order valence-electron chi connectivity index (χ0n) is 23.5. The van der Waals surface area contributed by atoms with Crippen LogP contribution in [0, 0.1) is 17.8 Å². The van der Waals surface area contributed by atoms with E-state index in [4.69, 9.17) is 19.9 Å². The zero-order chi connectivity index (χ0) is 27.9. The number of carbonyl (C=O) groups excluding carboxylic acids is 1. The Morgan fingerprint density at radius 3 is 2.58 bits per heavy atom. The topological polar surface area (TPSA) is 158 Å². The summed E-state index contributed by atoms with van der Waals surface area (Å²) in [6.07, 6.45) is 3.16. The number of nitrogens with zero attached hydrogens (tertiary/aromatic N) is 3. The number of aromatic nitrogens is 4. The Balaban J connectivity index is 1.85. The zero-order valence-corrected chi connectivity index (χ0v) is 23.5. The van der Waals surface area contributed by atoms with Gasteiger partial charge in [0.2, 0.25) is 5.91 Å². The van der Waals surface area contributed by atoms with Crippen molar-refractivity contribution in [2.75, 3.05) is 34.0 Å². The Labute approximate surface area is 226 Å². The highest BCUT2D eigenvalue weighted by Crippen LogP contribution is 2.31. The lowest BCUT2D eigenvalue weighted by atomic mass is 9.82. The van der Waals surface area contributed by atoms with Crippen LogP contribution >= 0.6 is 0 Å². The number of aliphatic hydroxyl groups is 1. The van der Waals surface area contributed by atoms with E-state index < -0.39 is 12.1 Å². The largest absolute Gasteiger partial charge is 0.493 e. The van der Waals surface area contributed by atoms with Gasteiger partial charge in [-0.05, 0) is 65.6 Å². The van der Waals surface area contributed by atoms with Gasteiger partial charge in [0.25, 0.3) is 0 Å². The summed E-state index contributed by atoms with van der Waals surface area (Å²) >= 11 is 0. The van der Waals surface area contributed by atoms with Crippen molar-refractivity contribution in [1.82, 2.24) is 25.9 Å². The molecule has 0 saturated carbocycles. The van der Waals surface area contributed by atoms with Crippen LogP contribution in [0.25, 0.3) is 0 Å². The number of benzene rings is 1. The third-order valence-corrected chi connectivity index (χ3v) is 6.81. The van der Waals surface area contributed by atoms with Crippen LogP contribution in [0.2, 0.25) is 0 Å². The molecule has 0 aliphatic rings. The Kier molecular flexibility index (Phi) is 14.0. The van der Waals surface area contributed by atoms with Crippen molar-refractivity contribution in [3.8, 4) is 11.5 Å². The van der Waals surface area contributed by atoms with Crippen molar-refractivity contribution < 1.29 is 24.1 Å². The molecule has 0 aliphatic heterocycles. The molecule has 1 amide bonds. The predicted octanol–water partition coefficient (Wildman–Crippen LogP) is 2.29. The third-order valence-electron chi connectivity index (χ3n) is 6.81. The predicted molar refractivity (Wildman–Crippen MR) is 145 cm³/mol. The Morgan fingerprint density at radius 1 is 1.13 bits per heavy atom. The van der Waals surface area contributed by atoms with Crippen molar-refractivity contribution >= 4 is 5.91 Å². The molecular weight excluding hydrogens is 488 g/mol. The summed E-state index contributed by atoms with van der Waals surface area (Å²) in [4.78, 5) is 12.5. The summed E-state index contributed by atoms with van der Waals surface area (Å²) in [5.41, 5.74) is 7.57. The second kappa shape index (κ2) is 17.0. The molecule has 1 heterocycles. The molecule has 4 atom stereocenters. The Hall–Kier alpha value is -2.76. The first kappa shape index (κ1) is 31.5. The molecule has 0 fully saturated rings. The van der Waals surface area contributed by atoms with Gasteiger partial charge in [-0.25, -0.2) is 5.10 Å². The molecule has 0 saturated heterocycles. The van der Waals surface area contributed by atoms with Gasteiger partial charge in [-0.1, -0.05) is 26.8 Å². The molecule has 11 nitrogen and oxygen atoms in total. The number of hydrogen-bond donors (Lipinski definition) is 4. The summed E-state index contributed by atoms with van der Waals surface area (Å²) < 4.78 is 16.5. The molecule has 5 N–H and O–H groups in total. The number of hydrogen-bond acceptors (Lipinski definition) is 9. The molecule has 2 rings (SSSR count). The minimum Gasteiger partial charge on any atom is -0.493 e.